The van der Waals surface area contributed by atoms with Crippen molar-refractivity contribution in [1.82, 2.24) is 25.2 Å². The Morgan fingerprint density at radius 3 is 2.79 bits per heavy atom. The number of hydrogen-bond acceptors (Lipinski definition) is 5. The minimum Gasteiger partial charge on any atom is -0.481 e. The van der Waals surface area contributed by atoms with Gasteiger partial charge in [-0.1, -0.05) is 0 Å². The predicted octanol–water partition coefficient (Wildman–Crippen LogP) is 1.33. The Bertz CT molecular complexity index is 595. The number of rotatable bonds is 4. The predicted molar refractivity (Wildman–Crippen MR) is 67.3 cm³/mol. The molecule has 0 bridgehead atoms. The van der Waals surface area contributed by atoms with E-state index in [0.717, 1.165) is 11.3 Å². The molecular weight excluding hydrogens is 246 g/mol. The van der Waals surface area contributed by atoms with Gasteiger partial charge in [-0.2, -0.15) is 0 Å². The lowest BCUT2D eigenvalue weighted by Crippen LogP contribution is -2.23. The van der Waals surface area contributed by atoms with E-state index in [1.165, 1.54) is 4.68 Å². The van der Waals surface area contributed by atoms with Gasteiger partial charge in [-0.05, 0) is 43.3 Å². The molecule has 0 spiro atoms. The molecule has 7 heteroatoms. The Labute approximate surface area is 110 Å². The molecule has 2 heterocycles. The van der Waals surface area contributed by atoms with Crippen LogP contribution in [0.25, 0.3) is 11.4 Å². The molecule has 0 fully saturated rings. The molecule has 0 aliphatic rings. The molecule has 0 radical (unpaired) electrons. The van der Waals surface area contributed by atoms with Gasteiger partial charge in [0.25, 0.3) is 0 Å². The van der Waals surface area contributed by atoms with Crippen molar-refractivity contribution in [3.8, 4) is 11.4 Å². The number of carboxylic acids is 1. The molecule has 2 aromatic rings. The van der Waals surface area contributed by atoms with Crippen molar-refractivity contribution in [3.05, 3.63) is 24.0 Å². The summed E-state index contributed by atoms with van der Waals surface area (Å²) < 4.78 is 1.54. The molecule has 0 saturated heterocycles. The van der Waals surface area contributed by atoms with Crippen molar-refractivity contribution in [2.45, 2.75) is 26.8 Å². The van der Waals surface area contributed by atoms with Crippen molar-refractivity contribution < 1.29 is 9.90 Å². The first-order valence-corrected chi connectivity index (χ1v) is 5.94. The Morgan fingerprint density at radius 2 is 2.16 bits per heavy atom. The molecule has 2 rings (SSSR count). The molecule has 7 nitrogen and oxygen atoms in total. The highest BCUT2D eigenvalue weighted by Gasteiger charge is 2.25. The summed E-state index contributed by atoms with van der Waals surface area (Å²) in [6.07, 6.45) is 1.68. The standard InChI is InChI=1S/C12H15N5O2/c1-7-6-10(4-5-13-7)11-14-15-16-17(11)9(3)8(2)12(18)19/h4-6,8-9H,1-3H3,(H,18,19). The Kier molecular flexibility index (Phi) is 3.55. The van der Waals surface area contributed by atoms with Crippen LogP contribution in [0.4, 0.5) is 0 Å². The lowest BCUT2D eigenvalue weighted by Gasteiger charge is -2.17. The summed E-state index contributed by atoms with van der Waals surface area (Å²) in [5.74, 6) is -0.906. The first-order valence-electron chi connectivity index (χ1n) is 5.94. The van der Waals surface area contributed by atoms with Crippen molar-refractivity contribution in [1.29, 1.82) is 0 Å². The second-order valence-corrected chi connectivity index (χ2v) is 4.50. The van der Waals surface area contributed by atoms with E-state index >= 15 is 0 Å². The maximum Gasteiger partial charge on any atom is 0.308 e. The van der Waals surface area contributed by atoms with E-state index < -0.39 is 11.9 Å². The number of carbonyl (C=O) groups is 1. The van der Waals surface area contributed by atoms with Gasteiger partial charge >= 0.3 is 5.97 Å². The van der Waals surface area contributed by atoms with E-state index in [0.29, 0.717) is 5.82 Å². The highest BCUT2D eigenvalue weighted by atomic mass is 16.4. The summed E-state index contributed by atoms with van der Waals surface area (Å²) in [5, 5.41) is 20.6. The first-order chi connectivity index (χ1) is 9.00. The summed E-state index contributed by atoms with van der Waals surface area (Å²) in [5.41, 5.74) is 1.67. The molecule has 2 unspecified atom stereocenters. The quantitative estimate of drug-likeness (QED) is 0.892. The van der Waals surface area contributed by atoms with Gasteiger partial charge in [0.1, 0.15) is 0 Å². The fraction of sp³-hybridized carbons (Fsp3) is 0.417. The van der Waals surface area contributed by atoms with E-state index in [1.807, 2.05) is 13.0 Å². The van der Waals surface area contributed by atoms with Crippen LogP contribution >= 0.6 is 0 Å². The second-order valence-electron chi connectivity index (χ2n) is 4.50. The van der Waals surface area contributed by atoms with Gasteiger partial charge in [-0.3, -0.25) is 9.78 Å². The average Bonchev–Trinajstić information content (AvgIpc) is 2.86. The van der Waals surface area contributed by atoms with Gasteiger partial charge in [0.2, 0.25) is 0 Å². The molecule has 1 N–H and O–H groups in total. The van der Waals surface area contributed by atoms with Crippen LogP contribution < -0.4 is 0 Å². The summed E-state index contributed by atoms with van der Waals surface area (Å²) >= 11 is 0. The SMILES string of the molecule is Cc1cc(-c2nnnn2C(C)C(C)C(=O)O)ccn1. The lowest BCUT2D eigenvalue weighted by atomic mass is 10.0. The first kappa shape index (κ1) is 13.1. The lowest BCUT2D eigenvalue weighted by molar-refractivity contribution is -0.142. The Balaban J connectivity index is 2.40. The van der Waals surface area contributed by atoms with E-state index in [1.54, 1.807) is 26.1 Å². The van der Waals surface area contributed by atoms with Gasteiger partial charge in [0.05, 0.1) is 12.0 Å². The van der Waals surface area contributed by atoms with E-state index in [2.05, 4.69) is 20.5 Å². The van der Waals surface area contributed by atoms with Gasteiger partial charge in [-0.25, -0.2) is 4.68 Å². The van der Waals surface area contributed by atoms with Crippen molar-refractivity contribution >= 4 is 5.97 Å². The molecule has 0 aliphatic carbocycles. The molecule has 0 aliphatic heterocycles. The van der Waals surface area contributed by atoms with Crippen LogP contribution in [-0.4, -0.2) is 36.3 Å². The van der Waals surface area contributed by atoms with Gasteiger partial charge in [-0.15, -0.1) is 5.10 Å². The smallest absolute Gasteiger partial charge is 0.308 e. The number of aromatic nitrogens is 5. The number of tetrazole rings is 1. The van der Waals surface area contributed by atoms with Crippen LogP contribution in [0, 0.1) is 12.8 Å². The van der Waals surface area contributed by atoms with Crippen molar-refractivity contribution in [2.75, 3.05) is 0 Å². The molecule has 2 aromatic heterocycles. The van der Waals surface area contributed by atoms with Crippen molar-refractivity contribution in [2.24, 2.45) is 5.92 Å². The molecule has 100 valence electrons. The molecular formula is C12H15N5O2. The fourth-order valence-electron chi connectivity index (χ4n) is 1.76. The maximum atomic E-state index is 11.0. The number of nitrogens with zero attached hydrogens (tertiary/aromatic N) is 5. The van der Waals surface area contributed by atoms with Crippen LogP contribution in [0.3, 0.4) is 0 Å². The maximum absolute atomic E-state index is 11.0. The fourth-order valence-corrected chi connectivity index (χ4v) is 1.76. The minimum atomic E-state index is -0.875. The number of carboxylic acid groups (broad SMARTS) is 1. The van der Waals surface area contributed by atoms with Crippen LogP contribution in [0.2, 0.25) is 0 Å². The van der Waals surface area contributed by atoms with Crippen LogP contribution in [0.1, 0.15) is 25.6 Å². The molecule has 0 saturated carbocycles. The molecule has 0 amide bonds. The number of aliphatic carboxylic acids is 1. The minimum absolute atomic E-state index is 0.337. The highest BCUT2D eigenvalue weighted by molar-refractivity contribution is 5.70. The summed E-state index contributed by atoms with van der Waals surface area (Å²) in [7, 11) is 0. The van der Waals surface area contributed by atoms with Gasteiger partial charge in [0, 0.05) is 17.5 Å². The van der Waals surface area contributed by atoms with Gasteiger partial charge in [0.15, 0.2) is 5.82 Å². The monoisotopic (exact) mass is 261 g/mol. The summed E-state index contributed by atoms with van der Waals surface area (Å²) in [4.78, 5) is 15.2. The molecule has 2 atom stereocenters. The van der Waals surface area contributed by atoms with Crippen LogP contribution in [0.15, 0.2) is 18.3 Å². The van der Waals surface area contributed by atoms with Gasteiger partial charge < -0.3 is 5.11 Å². The number of aryl methyl sites for hydroxylation is 1. The zero-order valence-corrected chi connectivity index (χ0v) is 11.0. The van der Waals surface area contributed by atoms with Crippen molar-refractivity contribution in [3.63, 3.8) is 0 Å². The van der Waals surface area contributed by atoms with E-state index in [-0.39, 0.29) is 6.04 Å². The molecule has 0 aromatic carbocycles. The third-order valence-corrected chi connectivity index (χ3v) is 3.15. The van der Waals surface area contributed by atoms with Crippen LogP contribution in [-0.2, 0) is 4.79 Å². The highest BCUT2D eigenvalue weighted by Crippen LogP contribution is 2.23. The second kappa shape index (κ2) is 5.13. The zero-order valence-electron chi connectivity index (χ0n) is 11.0. The average molecular weight is 261 g/mol. The number of pyridine rings is 1. The van der Waals surface area contributed by atoms with Crippen LogP contribution in [0.5, 0.6) is 0 Å². The van der Waals surface area contributed by atoms with E-state index in [9.17, 15) is 4.79 Å². The normalized spacial score (nSPS) is 14.1. The summed E-state index contributed by atoms with van der Waals surface area (Å²) in [6, 6.07) is 3.32. The van der Waals surface area contributed by atoms with E-state index in [4.69, 9.17) is 5.11 Å². The number of hydrogen-bond donors (Lipinski definition) is 1. The largest absolute Gasteiger partial charge is 0.481 e. The third kappa shape index (κ3) is 2.59. The zero-order chi connectivity index (χ0) is 14.0. The summed E-state index contributed by atoms with van der Waals surface area (Å²) in [6.45, 7) is 5.30. The third-order valence-electron chi connectivity index (χ3n) is 3.15. The topological polar surface area (TPSA) is 93.8 Å². The molecule has 19 heavy (non-hydrogen) atoms. The Hall–Kier alpha value is -2.31. The Morgan fingerprint density at radius 1 is 1.42 bits per heavy atom.